The lowest BCUT2D eigenvalue weighted by molar-refractivity contribution is 0.0522. The van der Waals surface area contributed by atoms with Gasteiger partial charge in [-0.1, -0.05) is 30.9 Å². The van der Waals surface area contributed by atoms with Crippen molar-refractivity contribution in [3.05, 3.63) is 72.2 Å². The number of H-pyrrole nitrogens is 1. The number of nitrogens with zero attached hydrogens (tertiary/aromatic N) is 1. The quantitative estimate of drug-likeness (QED) is 0.229. The number of aliphatic hydroxyl groups excluding tert-OH is 1. The van der Waals surface area contributed by atoms with E-state index in [2.05, 4.69) is 22.1 Å². The van der Waals surface area contributed by atoms with E-state index < -0.39 is 6.23 Å². The van der Waals surface area contributed by atoms with E-state index >= 15 is 0 Å². The van der Waals surface area contributed by atoms with Gasteiger partial charge >= 0.3 is 0 Å². The number of ether oxygens (including phenoxy) is 1. The Hall–Kier alpha value is -2.79. The lowest BCUT2D eigenvalue weighted by atomic mass is 10.2. The fourth-order valence-electron chi connectivity index (χ4n) is 2.06. The Morgan fingerprint density at radius 1 is 1.42 bits per heavy atom. The molecule has 2 rings (SSSR count). The van der Waals surface area contributed by atoms with Gasteiger partial charge in [0, 0.05) is 11.7 Å². The average Bonchev–Trinajstić information content (AvgIpc) is 3.02. The van der Waals surface area contributed by atoms with Crippen LogP contribution in [-0.4, -0.2) is 29.1 Å². The van der Waals surface area contributed by atoms with Crippen LogP contribution in [-0.2, 0) is 4.74 Å². The van der Waals surface area contributed by atoms with Crippen molar-refractivity contribution in [1.82, 2.24) is 10.4 Å². The van der Waals surface area contributed by atoms with E-state index in [1.165, 1.54) is 0 Å². The maximum Gasteiger partial charge on any atom is 0.173 e. The molecule has 1 aromatic heterocycles. The number of allylic oxidation sites excluding steroid dienone is 4. The Morgan fingerprint density at radius 2 is 2.25 bits per heavy atom. The maximum atomic E-state index is 9.90. The van der Waals surface area contributed by atoms with E-state index in [1.54, 1.807) is 18.4 Å². The first-order chi connectivity index (χ1) is 11.6. The molecule has 0 bridgehead atoms. The first-order valence-electron chi connectivity index (χ1n) is 7.73. The van der Waals surface area contributed by atoms with Crippen LogP contribution in [0.15, 0.2) is 71.7 Å². The molecule has 0 radical (unpaired) electrons. The van der Waals surface area contributed by atoms with Crippen LogP contribution in [0.5, 0.6) is 0 Å². The van der Waals surface area contributed by atoms with Gasteiger partial charge in [0.25, 0.3) is 0 Å². The molecule has 0 saturated heterocycles. The Kier molecular flexibility index (Phi) is 6.40. The number of aromatic nitrogens is 1. The van der Waals surface area contributed by atoms with Crippen molar-refractivity contribution in [2.24, 2.45) is 5.10 Å². The number of fused-ring (bicyclic) bond motifs is 1. The SMILES string of the molecule is C=C/C=C\C(OCC(O)N/N=C/c1ccc2cc[nH]c2c1)=C(C)C. The van der Waals surface area contributed by atoms with E-state index in [0.717, 1.165) is 22.0 Å². The van der Waals surface area contributed by atoms with Gasteiger partial charge in [-0.3, -0.25) is 5.43 Å². The molecule has 0 fully saturated rings. The second-order valence-corrected chi connectivity index (χ2v) is 5.50. The van der Waals surface area contributed by atoms with Gasteiger partial charge in [0.15, 0.2) is 6.23 Å². The monoisotopic (exact) mass is 325 g/mol. The van der Waals surface area contributed by atoms with Crippen LogP contribution in [0.1, 0.15) is 19.4 Å². The predicted molar refractivity (Wildman–Crippen MR) is 98.7 cm³/mol. The van der Waals surface area contributed by atoms with Gasteiger partial charge in [-0.05, 0) is 48.6 Å². The Balaban J connectivity index is 1.85. The third-order valence-corrected chi connectivity index (χ3v) is 3.29. The molecule has 0 aliphatic heterocycles. The molecule has 5 nitrogen and oxygen atoms in total. The predicted octanol–water partition coefficient (Wildman–Crippen LogP) is 3.46. The molecule has 1 atom stereocenters. The third kappa shape index (κ3) is 5.14. The molecule has 1 aromatic carbocycles. The smallest absolute Gasteiger partial charge is 0.173 e. The van der Waals surface area contributed by atoms with Gasteiger partial charge in [-0.2, -0.15) is 5.10 Å². The molecular weight excluding hydrogens is 302 g/mol. The van der Waals surface area contributed by atoms with Crippen molar-refractivity contribution in [3.8, 4) is 0 Å². The number of aliphatic hydroxyl groups is 1. The zero-order valence-corrected chi connectivity index (χ0v) is 14.0. The van der Waals surface area contributed by atoms with Gasteiger partial charge in [-0.15, -0.1) is 0 Å². The molecule has 3 N–H and O–H groups in total. The highest BCUT2D eigenvalue weighted by atomic mass is 16.5. The Bertz CT molecular complexity index is 768. The molecule has 1 heterocycles. The topological polar surface area (TPSA) is 69.6 Å². The second kappa shape index (κ2) is 8.74. The number of nitrogens with one attached hydrogen (secondary N) is 2. The summed E-state index contributed by atoms with van der Waals surface area (Å²) >= 11 is 0. The van der Waals surface area contributed by atoms with Crippen LogP contribution in [0.3, 0.4) is 0 Å². The largest absolute Gasteiger partial charge is 0.489 e. The van der Waals surface area contributed by atoms with Crippen molar-refractivity contribution in [2.45, 2.75) is 20.1 Å². The molecule has 126 valence electrons. The highest BCUT2D eigenvalue weighted by Gasteiger charge is 2.04. The van der Waals surface area contributed by atoms with Crippen LogP contribution in [0.25, 0.3) is 10.9 Å². The lowest BCUT2D eigenvalue weighted by Gasteiger charge is -2.13. The van der Waals surface area contributed by atoms with E-state index in [4.69, 9.17) is 4.74 Å². The van der Waals surface area contributed by atoms with Crippen LogP contribution < -0.4 is 5.43 Å². The zero-order valence-electron chi connectivity index (χ0n) is 14.0. The second-order valence-electron chi connectivity index (χ2n) is 5.50. The van der Waals surface area contributed by atoms with Crippen molar-refractivity contribution < 1.29 is 9.84 Å². The van der Waals surface area contributed by atoms with Gasteiger partial charge in [0.05, 0.1) is 6.21 Å². The van der Waals surface area contributed by atoms with Crippen molar-refractivity contribution in [2.75, 3.05) is 6.61 Å². The summed E-state index contributed by atoms with van der Waals surface area (Å²) in [4.78, 5) is 3.15. The van der Waals surface area contributed by atoms with Gasteiger partial charge < -0.3 is 14.8 Å². The van der Waals surface area contributed by atoms with E-state index in [-0.39, 0.29) is 6.61 Å². The number of hydrogen-bond acceptors (Lipinski definition) is 4. The van der Waals surface area contributed by atoms with Crippen molar-refractivity contribution in [1.29, 1.82) is 0 Å². The van der Waals surface area contributed by atoms with Gasteiger partial charge in [0.2, 0.25) is 0 Å². The maximum absolute atomic E-state index is 9.90. The normalized spacial score (nSPS) is 12.6. The van der Waals surface area contributed by atoms with Crippen LogP contribution in [0.2, 0.25) is 0 Å². The molecule has 1 unspecified atom stereocenters. The number of benzene rings is 1. The first kappa shape index (κ1) is 17.6. The average molecular weight is 325 g/mol. The molecule has 5 heteroatoms. The van der Waals surface area contributed by atoms with Crippen LogP contribution >= 0.6 is 0 Å². The van der Waals surface area contributed by atoms with E-state index in [1.807, 2.05) is 50.4 Å². The molecule has 0 saturated carbocycles. The van der Waals surface area contributed by atoms with Crippen molar-refractivity contribution >= 4 is 17.1 Å². The third-order valence-electron chi connectivity index (χ3n) is 3.29. The summed E-state index contributed by atoms with van der Waals surface area (Å²) in [5.41, 5.74) is 5.64. The van der Waals surface area contributed by atoms with Crippen molar-refractivity contribution in [3.63, 3.8) is 0 Å². The summed E-state index contributed by atoms with van der Waals surface area (Å²) in [6.45, 7) is 7.60. The minimum absolute atomic E-state index is 0.0923. The fraction of sp³-hybridized carbons (Fsp3) is 0.211. The number of hydrazone groups is 1. The molecule has 0 aliphatic carbocycles. The molecule has 24 heavy (non-hydrogen) atoms. The zero-order chi connectivity index (χ0) is 17.4. The molecule has 2 aromatic rings. The van der Waals surface area contributed by atoms with Gasteiger partial charge in [0.1, 0.15) is 12.4 Å². The molecule has 0 spiro atoms. The number of rotatable bonds is 8. The van der Waals surface area contributed by atoms with E-state index in [9.17, 15) is 5.11 Å². The number of hydrogen-bond donors (Lipinski definition) is 3. The summed E-state index contributed by atoms with van der Waals surface area (Å²) in [7, 11) is 0. The Morgan fingerprint density at radius 3 is 3.00 bits per heavy atom. The summed E-state index contributed by atoms with van der Waals surface area (Å²) in [5.74, 6) is 0.705. The summed E-state index contributed by atoms with van der Waals surface area (Å²) in [6.07, 6.45) is 7.92. The highest BCUT2D eigenvalue weighted by Crippen LogP contribution is 2.12. The van der Waals surface area contributed by atoms with Crippen LogP contribution in [0, 0.1) is 0 Å². The minimum atomic E-state index is -0.901. The fourth-order valence-corrected chi connectivity index (χ4v) is 2.06. The minimum Gasteiger partial charge on any atom is -0.489 e. The standard InChI is InChI=1S/C19H23N3O2/c1-4-5-6-18(14(2)3)24-13-19(23)22-21-12-15-7-8-16-9-10-20-17(16)11-15/h4-12,19-20,22-23H,1,13H2,2-3H3/b6-5-,21-12+. The van der Waals surface area contributed by atoms with E-state index in [0.29, 0.717) is 5.76 Å². The van der Waals surface area contributed by atoms with Crippen LogP contribution in [0.4, 0.5) is 0 Å². The molecule has 0 aliphatic rings. The number of aromatic amines is 1. The molecule has 0 amide bonds. The van der Waals surface area contributed by atoms with Gasteiger partial charge in [-0.25, -0.2) is 0 Å². The lowest BCUT2D eigenvalue weighted by Crippen LogP contribution is -2.29. The summed E-state index contributed by atoms with van der Waals surface area (Å²) < 4.78 is 5.57. The summed E-state index contributed by atoms with van der Waals surface area (Å²) in [5, 5.41) is 15.1. The Labute approximate surface area is 142 Å². The highest BCUT2D eigenvalue weighted by molar-refractivity contribution is 5.88. The first-order valence-corrected chi connectivity index (χ1v) is 7.73. The molecular formula is C19H23N3O2. The summed E-state index contributed by atoms with van der Waals surface area (Å²) in [6, 6.07) is 7.98.